The smallest absolute Gasteiger partial charge is 0.423 e. The third kappa shape index (κ3) is 3.37. The molecule has 2 N–H and O–H groups in total. The van der Waals surface area contributed by atoms with Crippen molar-refractivity contribution >= 4 is 30.0 Å². The van der Waals surface area contributed by atoms with Gasteiger partial charge in [-0.15, -0.1) is 11.8 Å². The number of anilines is 1. The van der Waals surface area contributed by atoms with Crippen LogP contribution in [-0.2, 0) is 0 Å². The van der Waals surface area contributed by atoms with Gasteiger partial charge in [0.2, 0.25) is 0 Å². The van der Waals surface area contributed by atoms with Gasteiger partial charge in [0.15, 0.2) is 0 Å². The van der Waals surface area contributed by atoms with E-state index in [-0.39, 0.29) is 6.04 Å². The van der Waals surface area contributed by atoms with Gasteiger partial charge >= 0.3 is 7.12 Å². The minimum Gasteiger partial charge on any atom is -0.423 e. The van der Waals surface area contributed by atoms with Crippen molar-refractivity contribution in [3.63, 3.8) is 0 Å². The van der Waals surface area contributed by atoms with Crippen LogP contribution in [0.2, 0.25) is 0 Å². The largest absolute Gasteiger partial charge is 0.488 e. The Morgan fingerprint density at radius 1 is 0.829 bits per heavy atom. The lowest BCUT2D eigenvalue weighted by atomic mass is 9.80. The van der Waals surface area contributed by atoms with E-state index in [1.165, 1.54) is 32.8 Å². The van der Waals surface area contributed by atoms with E-state index in [2.05, 4.69) is 77.8 Å². The van der Waals surface area contributed by atoms with Crippen molar-refractivity contribution in [1.29, 1.82) is 0 Å². The predicted molar refractivity (Wildman–Crippen MR) is 145 cm³/mol. The van der Waals surface area contributed by atoms with Gasteiger partial charge in [0, 0.05) is 21.8 Å². The lowest BCUT2D eigenvalue weighted by Gasteiger charge is -2.35. The van der Waals surface area contributed by atoms with Crippen LogP contribution in [0, 0.1) is 0 Å². The average Bonchev–Trinajstić information content (AvgIpc) is 3.44. The summed E-state index contributed by atoms with van der Waals surface area (Å²) < 4.78 is 0. The fraction of sp³-hybridized carbons (Fsp3) is 0.200. The molecule has 3 aliphatic carbocycles. The number of benzene rings is 2. The molecule has 0 radical (unpaired) electrons. The summed E-state index contributed by atoms with van der Waals surface area (Å²) in [5, 5.41) is 19.6. The summed E-state index contributed by atoms with van der Waals surface area (Å²) in [6.07, 6.45) is 20.3. The summed E-state index contributed by atoms with van der Waals surface area (Å²) in [6, 6.07) is 17.2. The third-order valence-corrected chi connectivity index (χ3v) is 9.42. The lowest BCUT2D eigenvalue weighted by Crippen LogP contribution is -2.38. The van der Waals surface area contributed by atoms with Crippen molar-refractivity contribution < 1.29 is 10.0 Å². The maximum atomic E-state index is 9.57. The van der Waals surface area contributed by atoms with Crippen molar-refractivity contribution in [3.8, 4) is 0 Å². The van der Waals surface area contributed by atoms with Crippen LogP contribution in [-0.4, -0.2) is 34.5 Å². The van der Waals surface area contributed by atoms with E-state index in [0.717, 1.165) is 18.5 Å². The second kappa shape index (κ2) is 8.30. The Hall–Kier alpha value is -2.99. The van der Waals surface area contributed by atoms with Gasteiger partial charge in [-0.25, -0.2) is 0 Å². The molecule has 1 fully saturated rings. The molecule has 2 aromatic carbocycles. The molecule has 1 saturated heterocycles. The molecule has 0 bridgehead atoms. The molecular weight excluding hydrogens is 449 g/mol. The minimum absolute atomic E-state index is 0.273. The van der Waals surface area contributed by atoms with Gasteiger partial charge in [-0.05, 0) is 64.4 Å². The summed E-state index contributed by atoms with van der Waals surface area (Å²) >= 11 is 2.01. The second-order valence-corrected chi connectivity index (χ2v) is 11.0. The molecule has 35 heavy (non-hydrogen) atoms. The minimum atomic E-state index is -1.44. The molecule has 3 nitrogen and oxygen atoms in total. The van der Waals surface area contributed by atoms with Gasteiger partial charge in [-0.1, -0.05) is 78.9 Å². The van der Waals surface area contributed by atoms with E-state index in [0.29, 0.717) is 22.7 Å². The molecule has 7 rings (SSSR count). The second-order valence-electron chi connectivity index (χ2n) is 9.82. The molecule has 2 heterocycles. The van der Waals surface area contributed by atoms with Crippen LogP contribution in [0.5, 0.6) is 0 Å². The van der Waals surface area contributed by atoms with Gasteiger partial charge in [0.1, 0.15) is 0 Å². The van der Waals surface area contributed by atoms with Crippen molar-refractivity contribution in [1.82, 2.24) is 0 Å². The zero-order valence-corrected chi connectivity index (χ0v) is 20.1. The number of thioether (sulfide) groups is 1. The molecule has 0 saturated carbocycles. The third-order valence-electron chi connectivity index (χ3n) is 7.99. The number of hydrogen-bond donors (Lipinski definition) is 2. The molecule has 172 valence electrons. The van der Waals surface area contributed by atoms with Crippen LogP contribution < -0.4 is 10.4 Å². The predicted octanol–water partition coefficient (Wildman–Crippen LogP) is 4.82. The highest BCUT2D eigenvalue weighted by Gasteiger charge is 2.44. The molecule has 0 aromatic heterocycles. The number of allylic oxidation sites excluding steroid dienone is 7. The van der Waals surface area contributed by atoms with Gasteiger partial charge in [-0.2, -0.15) is 0 Å². The van der Waals surface area contributed by atoms with Gasteiger partial charge in [0.05, 0.1) is 12.1 Å². The van der Waals surface area contributed by atoms with Gasteiger partial charge in [-0.3, -0.25) is 0 Å². The fourth-order valence-corrected chi connectivity index (χ4v) is 7.88. The fourth-order valence-electron chi connectivity index (χ4n) is 6.37. The molecular formula is C30H26BNO2S. The van der Waals surface area contributed by atoms with Crippen molar-refractivity contribution in [2.75, 3.05) is 4.90 Å². The zero-order valence-electron chi connectivity index (χ0n) is 19.3. The molecule has 4 atom stereocenters. The summed E-state index contributed by atoms with van der Waals surface area (Å²) in [7, 11) is -1.44. The topological polar surface area (TPSA) is 43.7 Å². The molecule has 4 unspecified atom stereocenters. The summed E-state index contributed by atoms with van der Waals surface area (Å²) in [5.41, 5.74) is 8.82. The van der Waals surface area contributed by atoms with Gasteiger partial charge in [0.25, 0.3) is 0 Å². The number of nitrogens with zero attached hydrogens (tertiary/aromatic N) is 1. The molecule has 2 aromatic rings. The van der Waals surface area contributed by atoms with Crippen LogP contribution in [0.4, 0.5) is 5.69 Å². The highest BCUT2D eigenvalue weighted by molar-refractivity contribution is 8.00. The Bertz CT molecular complexity index is 1380. The maximum absolute atomic E-state index is 9.57. The van der Waals surface area contributed by atoms with E-state index in [4.69, 9.17) is 0 Å². The molecule has 0 spiro atoms. The Balaban J connectivity index is 1.24. The first-order chi connectivity index (χ1) is 17.2. The van der Waals surface area contributed by atoms with Crippen LogP contribution in [0.1, 0.15) is 24.3 Å². The van der Waals surface area contributed by atoms with Gasteiger partial charge < -0.3 is 14.9 Å². The number of rotatable bonds is 3. The van der Waals surface area contributed by atoms with Crippen LogP contribution >= 0.6 is 11.8 Å². The van der Waals surface area contributed by atoms with Crippen LogP contribution in [0.15, 0.2) is 124 Å². The van der Waals surface area contributed by atoms with E-state index in [1.54, 1.807) is 0 Å². The normalized spacial score (nSPS) is 27.8. The summed E-state index contributed by atoms with van der Waals surface area (Å²) in [6.45, 7) is 0. The zero-order chi connectivity index (χ0) is 23.5. The highest BCUT2D eigenvalue weighted by Crippen LogP contribution is 2.53. The lowest BCUT2D eigenvalue weighted by molar-refractivity contribution is 0.426. The van der Waals surface area contributed by atoms with E-state index < -0.39 is 7.12 Å². The van der Waals surface area contributed by atoms with E-state index >= 15 is 0 Å². The van der Waals surface area contributed by atoms with E-state index in [9.17, 15) is 10.0 Å². The van der Waals surface area contributed by atoms with E-state index in [1.807, 2.05) is 36.0 Å². The highest BCUT2D eigenvalue weighted by atomic mass is 32.2. The molecule has 0 amide bonds. The van der Waals surface area contributed by atoms with Crippen LogP contribution in [0.3, 0.4) is 0 Å². The summed E-state index contributed by atoms with van der Waals surface area (Å²) in [4.78, 5) is 3.96. The number of hydrogen-bond acceptors (Lipinski definition) is 4. The van der Waals surface area contributed by atoms with Crippen LogP contribution in [0.25, 0.3) is 0 Å². The molecule has 2 aliphatic heterocycles. The first-order valence-electron chi connectivity index (χ1n) is 12.4. The Morgan fingerprint density at radius 2 is 1.63 bits per heavy atom. The monoisotopic (exact) mass is 475 g/mol. The average molecular weight is 475 g/mol. The summed E-state index contributed by atoms with van der Waals surface area (Å²) in [5.74, 6) is 0.439. The Kier molecular flexibility index (Phi) is 5.05. The van der Waals surface area contributed by atoms with Crippen molar-refractivity contribution in [2.24, 2.45) is 0 Å². The SMILES string of the molecule is OB(O)c1ccc(N2C3CC=CC=C3C3=CC=C(C4=CC=CC5c6ccccc6SC45)CC32)cc1. The molecule has 5 aliphatic rings. The number of fused-ring (bicyclic) bond motifs is 6. The first kappa shape index (κ1) is 21.3. The standard InChI is InChI=1S/C30H26BNO2S/c33-31(34)20-13-15-21(16-14-20)32-27-10-3-1-6-23(27)24-17-12-19(18-28(24)32)22-8-5-9-26-25-7-2-4-11-29(25)35-30(22)26/h1-9,11-17,26-28,30,33-34H,10,18H2. The maximum Gasteiger partial charge on any atom is 0.488 e. The Labute approximate surface area is 210 Å². The van der Waals surface area contributed by atoms with Crippen molar-refractivity contribution in [3.05, 3.63) is 125 Å². The Morgan fingerprint density at radius 3 is 2.49 bits per heavy atom. The first-order valence-corrected chi connectivity index (χ1v) is 13.2. The quantitative estimate of drug-likeness (QED) is 0.625. The molecule has 5 heteroatoms. The van der Waals surface area contributed by atoms with Crippen molar-refractivity contribution in [2.45, 2.75) is 41.0 Å².